The van der Waals surface area contributed by atoms with Crippen LogP contribution in [0, 0.1) is 11.3 Å². The van der Waals surface area contributed by atoms with E-state index < -0.39 is 5.54 Å². The van der Waals surface area contributed by atoms with Crippen LogP contribution in [0.3, 0.4) is 0 Å². The number of hydrogen-bond donors (Lipinski definition) is 2. The zero-order valence-corrected chi connectivity index (χ0v) is 14.4. The van der Waals surface area contributed by atoms with Crippen LogP contribution in [-0.2, 0) is 4.79 Å². The van der Waals surface area contributed by atoms with Crippen LogP contribution in [0.25, 0.3) is 0 Å². The molecule has 3 nitrogen and oxygen atoms in total. The molecule has 21 heavy (non-hydrogen) atoms. The predicted molar refractivity (Wildman–Crippen MR) is 91.1 cm³/mol. The van der Waals surface area contributed by atoms with E-state index in [0.717, 1.165) is 57.3 Å². The average Bonchev–Trinajstić information content (AvgIpc) is 2.48. The second-order valence-electron chi connectivity index (χ2n) is 7.37. The molecule has 2 aliphatic rings. The molecule has 0 aromatic heterocycles. The largest absolute Gasteiger partial charge is 0.391 e. The number of nitrogens with two attached hydrogens (primary N) is 1. The summed E-state index contributed by atoms with van der Waals surface area (Å²) >= 11 is 5.32. The topological polar surface area (TPSA) is 55.1 Å². The molecule has 0 spiro atoms. The fraction of sp³-hybridized carbons (Fsp3) is 0.882. The van der Waals surface area contributed by atoms with E-state index in [9.17, 15) is 4.79 Å². The first-order valence-electron chi connectivity index (χ1n) is 8.54. The minimum atomic E-state index is -0.432. The molecular formula is C17H30N2OS. The first kappa shape index (κ1) is 16.7. The summed E-state index contributed by atoms with van der Waals surface area (Å²) in [5.41, 5.74) is 5.37. The highest BCUT2D eigenvalue weighted by molar-refractivity contribution is 7.80. The molecule has 0 bridgehead atoms. The Kier molecular flexibility index (Phi) is 5.29. The van der Waals surface area contributed by atoms with Gasteiger partial charge in [-0.3, -0.25) is 4.79 Å². The zero-order valence-electron chi connectivity index (χ0n) is 13.5. The Balaban J connectivity index is 2.06. The van der Waals surface area contributed by atoms with Gasteiger partial charge in [-0.25, -0.2) is 0 Å². The third kappa shape index (κ3) is 3.58. The quantitative estimate of drug-likeness (QED) is 0.779. The van der Waals surface area contributed by atoms with E-state index in [1.54, 1.807) is 0 Å². The van der Waals surface area contributed by atoms with Gasteiger partial charge in [-0.2, -0.15) is 0 Å². The first-order chi connectivity index (χ1) is 9.92. The van der Waals surface area contributed by atoms with Crippen molar-refractivity contribution in [2.75, 3.05) is 0 Å². The molecule has 0 atom stereocenters. The van der Waals surface area contributed by atoms with Crippen molar-refractivity contribution in [2.24, 2.45) is 17.1 Å². The van der Waals surface area contributed by atoms with Crippen LogP contribution in [-0.4, -0.2) is 16.4 Å². The zero-order chi connectivity index (χ0) is 15.5. The van der Waals surface area contributed by atoms with Crippen molar-refractivity contribution in [3.63, 3.8) is 0 Å². The minimum absolute atomic E-state index is 0.171. The number of hydrogen-bond acceptors (Lipinski definition) is 2. The molecule has 1 amide bonds. The first-order valence-corrected chi connectivity index (χ1v) is 8.95. The maximum atomic E-state index is 12.8. The fourth-order valence-electron chi connectivity index (χ4n) is 3.94. The third-order valence-electron chi connectivity index (χ3n) is 5.87. The van der Waals surface area contributed by atoms with E-state index in [1.807, 2.05) is 0 Å². The maximum absolute atomic E-state index is 12.8. The summed E-state index contributed by atoms with van der Waals surface area (Å²) in [5.74, 6) is 0.930. The summed E-state index contributed by atoms with van der Waals surface area (Å²) in [6.07, 6.45) is 10.8. The lowest BCUT2D eigenvalue weighted by molar-refractivity contribution is -0.133. The number of amides is 1. The van der Waals surface area contributed by atoms with Crippen molar-refractivity contribution < 1.29 is 4.79 Å². The Morgan fingerprint density at radius 1 is 1.19 bits per heavy atom. The van der Waals surface area contributed by atoms with Crippen LogP contribution in [0.1, 0.15) is 78.1 Å². The monoisotopic (exact) mass is 310 g/mol. The summed E-state index contributed by atoms with van der Waals surface area (Å²) < 4.78 is 0. The molecule has 0 aromatic carbocycles. The molecule has 0 aliphatic heterocycles. The molecule has 2 fully saturated rings. The van der Waals surface area contributed by atoms with Crippen LogP contribution < -0.4 is 11.1 Å². The third-order valence-corrected chi connectivity index (χ3v) is 6.26. The number of rotatable bonds is 4. The number of thiocarbonyl (C=S) groups is 1. The summed E-state index contributed by atoms with van der Waals surface area (Å²) in [5, 5.41) is 3.28. The number of carbonyl (C=O) groups excluding carboxylic acids is 1. The lowest BCUT2D eigenvalue weighted by atomic mass is 9.72. The highest BCUT2D eigenvalue weighted by Gasteiger charge is 2.43. The van der Waals surface area contributed by atoms with Gasteiger partial charge in [-0.15, -0.1) is 0 Å². The van der Waals surface area contributed by atoms with E-state index in [4.69, 9.17) is 18.0 Å². The van der Waals surface area contributed by atoms with Gasteiger partial charge in [0.15, 0.2) is 0 Å². The number of carbonyl (C=O) groups is 1. The van der Waals surface area contributed by atoms with Gasteiger partial charge < -0.3 is 11.1 Å². The molecule has 2 saturated carbocycles. The molecule has 120 valence electrons. The van der Waals surface area contributed by atoms with Gasteiger partial charge in [0.25, 0.3) is 0 Å². The number of nitrogens with one attached hydrogen (secondary N) is 1. The van der Waals surface area contributed by atoms with Crippen molar-refractivity contribution >= 4 is 23.1 Å². The lowest BCUT2D eigenvalue weighted by Gasteiger charge is -2.43. The van der Waals surface area contributed by atoms with Gasteiger partial charge in [0, 0.05) is 5.41 Å². The SMILES string of the molecule is CCC1CCC(NC(=O)C2(C)CCCCC2)(C(N)=S)CC1. The Morgan fingerprint density at radius 2 is 1.76 bits per heavy atom. The molecule has 0 heterocycles. The second kappa shape index (κ2) is 6.64. The van der Waals surface area contributed by atoms with E-state index in [0.29, 0.717) is 4.99 Å². The molecule has 0 unspecified atom stereocenters. The fourth-order valence-corrected chi connectivity index (χ4v) is 4.19. The molecule has 3 N–H and O–H groups in total. The molecule has 2 aliphatic carbocycles. The van der Waals surface area contributed by atoms with Crippen molar-refractivity contribution in [3.05, 3.63) is 0 Å². The van der Waals surface area contributed by atoms with Crippen LogP contribution in [0.15, 0.2) is 0 Å². The van der Waals surface area contributed by atoms with Crippen molar-refractivity contribution in [1.82, 2.24) is 5.32 Å². The smallest absolute Gasteiger partial charge is 0.226 e. The van der Waals surface area contributed by atoms with E-state index in [1.165, 1.54) is 12.8 Å². The maximum Gasteiger partial charge on any atom is 0.226 e. The van der Waals surface area contributed by atoms with Gasteiger partial charge in [0.1, 0.15) is 0 Å². The standard InChI is InChI=1S/C17H30N2OS/c1-3-13-7-11-17(12-8-13,14(18)21)19-15(20)16(2)9-5-4-6-10-16/h13H,3-12H2,1-2H3,(H2,18,21)(H,19,20). The van der Waals surface area contributed by atoms with Gasteiger partial charge in [-0.05, 0) is 44.4 Å². The van der Waals surface area contributed by atoms with Crippen LogP contribution >= 0.6 is 12.2 Å². The van der Waals surface area contributed by atoms with E-state index in [2.05, 4.69) is 19.2 Å². The second-order valence-corrected chi connectivity index (χ2v) is 7.81. The van der Waals surface area contributed by atoms with Crippen molar-refractivity contribution in [1.29, 1.82) is 0 Å². The van der Waals surface area contributed by atoms with E-state index in [-0.39, 0.29) is 11.3 Å². The van der Waals surface area contributed by atoms with Gasteiger partial charge in [0.2, 0.25) is 5.91 Å². The predicted octanol–water partition coefficient (Wildman–Crippen LogP) is 3.70. The van der Waals surface area contributed by atoms with Crippen molar-refractivity contribution in [3.8, 4) is 0 Å². The van der Waals surface area contributed by atoms with Crippen molar-refractivity contribution in [2.45, 2.75) is 83.6 Å². The molecular weight excluding hydrogens is 280 g/mol. The van der Waals surface area contributed by atoms with Gasteiger partial charge in [-0.1, -0.05) is 51.7 Å². The van der Waals surface area contributed by atoms with Gasteiger partial charge >= 0.3 is 0 Å². The highest BCUT2D eigenvalue weighted by atomic mass is 32.1. The van der Waals surface area contributed by atoms with Gasteiger partial charge in [0.05, 0.1) is 10.5 Å². The minimum Gasteiger partial charge on any atom is -0.391 e. The summed E-state index contributed by atoms with van der Waals surface area (Å²) in [6.45, 7) is 4.34. The van der Waals surface area contributed by atoms with Crippen LogP contribution in [0.2, 0.25) is 0 Å². The lowest BCUT2D eigenvalue weighted by Crippen LogP contribution is -2.61. The normalized spacial score (nSPS) is 32.4. The highest BCUT2D eigenvalue weighted by Crippen LogP contribution is 2.39. The Hall–Kier alpha value is -0.640. The Morgan fingerprint density at radius 3 is 2.24 bits per heavy atom. The average molecular weight is 311 g/mol. The Labute approximate surface area is 134 Å². The molecule has 0 radical (unpaired) electrons. The molecule has 0 aromatic rings. The summed E-state index contributed by atoms with van der Waals surface area (Å²) in [4.78, 5) is 13.3. The molecule has 2 rings (SSSR count). The summed E-state index contributed by atoms with van der Waals surface area (Å²) in [7, 11) is 0. The van der Waals surface area contributed by atoms with Crippen LogP contribution in [0.4, 0.5) is 0 Å². The molecule has 0 saturated heterocycles. The van der Waals surface area contributed by atoms with Crippen LogP contribution in [0.5, 0.6) is 0 Å². The Bertz CT molecular complexity index is 394. The summed E-state index contributed by atoms with van der Waals surface area (Å²) in [6, 6.07) is 0. The van der Waals surface area contributed by atoms with E-state index >= 15 is 0 Å². The molecule has 4 heteroatoms.